The molecule has 2 atom stereocenters. The van der Waals surface area contributed by atoms with Crippen LogP contribution in [-0.2, 0) is 0 Å². The molecule has 1 aromatic carbocycles. The zero-order valence-corrected chi connectivity index (χ0v) is 27.1. The van der Waals surface area contributed by atoms with E-state index in [0.29, 0.717) is 46.7 Å². The molecule has 234 valence electrons. The number of fused-ring (bicyclic) bond motifs is 2. The second-order valence-corrected chi connectivity index (χ2v) is 15.7. The van der Waals surface area contributed by atoms with Crippen molar-refractivity contribution in [2.45, 2.75) is 36.0 Å². The number of rotatable bonds is 6. The zero-order valence-electron chi connectivity index (χ0n) is 24.6. The van der Waals surface area contributed by atoms with Crippen LogP contribution in [0.2, 0.25) is 0 Å². The predicted octanol–water partition coefficient (Wildman–Crippen LogP) is 4.19. The Balaban J connectivity index is 0.000000297. The molecule has 0 aliphatic carbocycles. The first kappa shape index (κ1) is 34.5. The Hall–Kier alpha value is -3.03. The van der Waals surface area contributed by atoms with Gasteiger partial charge in [-0.05, 0) is 32.7 Å². The van der Waals surface area contributed by atoms with Gasteiger partial charge in [0.1, 0.15) is 0 Å². The summed E-state index contributed by atoms with van der Waals surface area (Å²) in [5.74, 6) is 8.57. The van der Waals surface area contributed by atoms with E-state index >= 15 is 0 Å². The van der Waals surface area contributed by atoms with Crippen LogP contribution in [-0.4, -0.2) is 86.9 Å². The molecule has 2 aliphatic rings. The second kappa shape index (κ2) is 16.2. The molecule has 12 heteroatoms. The zero-order chi connectivity index (χ0) is 31.5. The second-order valence-electron chi connectivity index (χ2n) is 9.91. The maximum Gasteiger partial charge on any atom is 0.0515 e. The van der Waals surface area contributed by atoms with Gasteiger partial charge in [0, 0.05) is 17.4 Å². The van der Waals surface area contributed by atoms with Gasteiger partial charge >= 0.3 is 171 Å². The number of ether oxygens (including phenoxy) is 1. The molecule has 1 fully saturated rings. The third kappa shape index (κ3) is 9.73. The molecule has 5 N–H and O–H groups in total. The van der Waals surface area contributed by atoms with E-state index in [1.807, 2.05) is 14.1 Å². The number of halogens is 3. The first-order valence-corrected chi connectivity index (χ1v) is 17.6. The van der Waals surface area contributed by atoms with Gasteiger partial charge in [-0.1, -0.05) is 6.42 Å². The van der Waals surface area contributed by atoms with Crippen LogP contribution in [0.15, 0.2) is 42.6 Å². The van der Waals surface area contributed by atoms with E-state index in [-0.39, 0.29) is 11.1 Å². The molecule has 0 saturated carbocycles. The van der Waals surface area contributed by atoms with Gasteiger partial charge in [-0.25, -0.2) is 0 Å². The summed E-state index contributed by atoms with van der Waals surface area (Å²) in [6.07, 6.45) is 7.62. The van der Waals surface area contributed by atoms with E-state index in [9.17, 15) is 18.0 Å². The van der Waals surface area contributed by atoms with Crippen molar-refractivity contribution in [2.24, 2.45) is 0 Å². The number of hydrogen-bond acceptors (Lipinski definition) is 6. The van der Waals surface area contributed by atoms with Gasteiger partial charge in [0.15, 0.2) is 0 Å². The van der Waals surface area contributed by atoms with Crippen LogP contribution in [0.4, 0.5) is 24.5 Å². The van der Waals surface area contributed by atoms with Gasteiger partial charge in [-0.15, -0.1) is 5.18 Å². The predicted molar refractivity (Wildman–Crippen MR) is 173 cm³/mol. The van der Waals surface area contributed by atoms with Crippen molar-refractivity contribution in [2.75, 3.05) is 56.9 Å². The van der Waals surface area contributed by atoms with Gasteiger partial charge in [0.25, 0.3) is 0 Å². The molecule has 2 unspecified atom stereocenters. The fraction of sp³-hybridized carbons (Fsp3) is 0.419. The maximum atomic E-state index is 13.1. The SMILES string of the molecule is CNC.COc1cc(C=O)ccc1NCC#Cc1cc2c(N)cccn2c1[Se]C(F)(F)F.OCCS12#CCCCCC1C2. The smallest absolute Gasteiger partial charge is 0.0515 e. The van der Waals surface area contributed by atoms with Crippen molar-refractivity contribution in [3.63, 3.8) is 0 Å². The van der Waals surface area contributed by atoms with Gasteiger partial charge < -0.3 is 10.4 Å². The molecule has 7 nitrogen and oxygen atoms in total. The molecule has 0 radical (unpaired) electrons. The van der Waals surface area contributed by atoms with Crippen LogP contribution in [0.25, 0.3) is 5.52 Å². The molecule has 0 bridgehead atoms. The minimum Gasteiger partial charge on any atom is -0.396 e. The monoisotopic (exact) mass is 684 g/mol. The first-order chi connectivity index (χ1) is 20.6. The molecule has 2 aliphatic heterocycles. The number of carbonyl (C=O) groups excluding carboxylic acids is 1. The third-order valence-electron chi connectivity index (χ3n) is 6.76. The number of nitrogens with two attached hydrogens (primary N) is 1. The number of hydrogen-bond donors (Lipinski definition) is 4. The standard InChI is InChI=1S/C20H16F3N3O2Se.C9H16OS.C2H7N/c1-28-18-10-13(12-27)6-7-16(18)25-8-2-4-14-11-17-15(24)5-3-9-26(17)19(14)29-20(21,22)23;10-5-7-11-6-3-1-2-4-9(11)8-11;1-3-2/h3,5-7,9-12,25H,8,24H2,1H3;9-10H,1-5,7-8H2;3H,1-2H3. The molecular weight excluding hydrogens is 644 g/mol. The first-order valence-electron chi connectivity index (χ1n) is 13.8. The Morgan fingerprint density at radius 3 is 2.72 bits per heavy atom. The summed E-state index contributed by atoms with van der Waals surface area (Å²) in [5.41, 5.74) is 8.17. The summed E-state index contributed by atoms with van der Waals surface area (Å²) in [7, 11) is 4.77. The summed E-state index contributed by atoms with van der Waals surface area (Å²) in [6, 6.07) is 9.69. The number of nitrogens with one attached hydrogen (secondary N) is 2. The number of anilines is 2. The normalized spacial score (nSPS) is 18.4. The van der Waals surface area contributed by atoms with E-state index in [2.05, 4.69) is 27.7 Å². The summed E-state index contributed by atoms with van der Waals surface area (Å²) in [5, 5.41) is 15.0. The Morgan fingerprint density at radius 1 is 1.28 bits per heavy atom. The van der Waals surface area contributed by atoms with E-state index < -0.39 is 29.5 Å². The molecule has 3 aromatic rings. The number of nitrogens with zero attached hydrogens (tertiary/aromatic N) is 1. The minimum absolute atomic E-state index is 0.104. The molecule has 5 rings (SSSR count). The number of aliphatic hydroxyl groups excluding tert-OH is 1. The van der Waals surface area contributed by atoms with E-state index in [1.165, 1.54) is 42.9 Å². The van der Waals surface area contributed by atoms with Crippen LogP contribution >= 0.6 is 9.44 Å². The third-order valence-corrected chi connectivity index (χ3v) is 12.5. The van der Waals surface area contributed by atoms with Crippen molar-refractivity contribution in [1.82, 2.24) is 9.72 Å². The average molecular weight is 684 g/mol. The van der Waals surface area contributed by atoms with Gasteiger partial charge in [0.05, 0.1) is 6.61 Å². The number of aliphatic hydroxyl groups is 1. The Labute approximate surface area is 258 Å². The van der Waals surface area contributed by atoms with Gasteiger partial charge in [-0.2, -0.15) is 9.44 Å². The van der Waals surface area contributed by atoms with Gasteiger partial charge in [-0.3, -0.25) is 0 Å². The van der Waals surface area contributed by atoms with Gasteiger partial charge in [0.2, 0.25) is 0 Å². The maximum absolute atomic E-state index is 13.1. The fourth-order valence-electron chi connectivity index (χ4n) is 4.74. The molecular formula is C31H39F3N4O3SSe. The number of benzene rings is 1. The van der Waals surface area contributed by atoms with Crippen molar-refractivity contribution < 1.29 is 27.8 Å². The van der Waals surface area contributed by atoms with Crippen LogP contribution in [0.3, 0.4) is 0 Å². The molecule has 2 aromatic heterocycles. The van der Waals surface area contributed by atoms with Crippen molar-refractivity contribution >= 4 is 52.2 Å². The molecule has 1 saturated heterocycles. The average Bonchev–Trinajstić information content (AvgIpc) is 3.59. The van der Waals surface area contributed by atoms with E-state index in [0.717, 1.165) is 11.0 Å². The summed E-state index contributed by atoms with van der Waals surface area (Å²) >= 11 is -1.77. The number of methoxy groups -OCH3 is 1. The number of pyridine rings is 1. The molecule has 4 heterocycles. The van der Waals surface area contributed by atoms with Crippen LogP contribution in [0.1, 0.15) is 41.6 Å². The Morgan fingerprint density at radius 2 is 2.05 bits per heavy atom. The number of alkyl halides is 3. The topological polar surface area (TPSA) is 101 Å². The number of aromatic nitrogens is 1. The fourth-order valence-corrected chi connectivity index (χ4v) is 9.94. The number of nitrogen functional groups attached to an aromatic ring is 1. The van der Waals surface area contributed by atoms with Crippen molar-refractivity contribution in [3.8, 4) is 22.8 Å². The van der Waals surface area contributed by atoms with Crippen molar-refractivity contribution in [3.05, 3.63) is 53.7 Å². The molecule has 0 amide bonds. The van der Waals surface area contributed by atoms with Crippen LogP contribution in [0, 0.1) is 17.0 Å². The van der Waals surface area contributed by atoms with Crippen LogP contribution < -0.4 is 25.7 Å². The summed E-state index contributed by atoms with van der Waals surface area (Å²) in [6.45, 7) is 0.565. The summed E-state index contributed by atoms with van der Waals surface area (Å²) < 4.78 is 46.0. The van der Waals surface area contributed by atoms with E-state index in [1.54, 1.807) is 42.6 Å². The molecule has 0 spiro atoms. The van der Waals surface area contributed by atoms with E-state index in [4.69, 9.17) is 15.6 Å². The summed E-state index contributed by atoms with van der Waals surface area (Å²) in [4.78, 5) is 10.8. The Kier molecular flexibility index (Phi) is 12.9. The van der Waals surface area contributed by atoms with Crippen molar-refractivity contribution in [1.29, 1.82) is 0 Å². The quantitative estimate of drug-likeness (QED) is 0.135. The Bertz CT molecular complexity index is 1580. The number of carbonyl (C=O) groups is 1. The van der Waals surface area contributed by atoms with Crippen LogP contribution in [0.5, 0.6) is 5.75 Å². The number of aldehydes is 1. The largest absolute Gasteiger partial charge is 0.396 e. The molecule has 43 heavy (non-hydrogen) atoms. The minimum atomic E-state index is -4.31.